The standard InChI is InChI=1S/C15H22N2O6S/c1-7(18)22-11(16)8-6-24-13-10(21-5)12(19)17(13)9(8)14(20)23-15(2,3)4/h10-11,13H,6,16H2,1-5H3/t10-,11?,13-/m1/s1. The molecule has 9 heteroatoms. The van der Waals surface area contributed by atoms with Crippen LogP contribution in [0.2, 0.25) is 0 Å². The molecule has 0 spiro atoms. The number of nitrogens with two attached hydrogens (primary N) is 1. The summed E-state index contributed by atoms with van der Waals surface area (Å²) >= 11 is 1.40. The number of hydrogen-bond donors (Lipinski definition) is 1. The van der Waals surface area contributed by atoms with Crippen molar-refractivity contribution in [2.24, 2.45) is 5.73 Å². The molecule has 1 fully saturated rings. The lowest BCUT2D eigenvalue weighted by Gasteiger charge is -2.49. The van der Waals surface area contributed by atoms with Crippen molar-refractivity contribution >= 4 is 29.6 Å². The van der Waals surface area contributed by atoms with Crippen LogP contribution < -0.4 is 5.73 Å². The van der Waals surface area contributed by atoms with Crippen molar-refractivity contribution in [3.8, 4) is 0 Å². The first-order valence-electron chi connectivity index (χ1n) is 7.43. The molecule has 3 atom stereocenters. The number of β-lactam (4-membered cyclic amide) rings is 1. The summed E-state index contributed by atoms with van der Waals surface area (Å²) in [5, 5.41) is -0.321. The van der Waals surface area contributed by atoms with E-state index in [0.29, 0.717) is 11.3 Å². The zero-order valence-corrected chi connectivity index (χ0v) is 15.1. The summed E-state index contributed by atoms with van der Waals surface area (Å²) in [6.07, 6.45) is -1.73. The molecule has 2 aliphatic heterocycles. The van der Waals surface area contributed by atoms with Crippen molar-refractivity contribution in [3.05, 3.63) is 11.3 Å². The maximum absolute atomic E-state index is 12.6. The number of fused-ring (bicyclic) bond motifs is 1. The van der Waals surface area contributed by atoms with Crippen molar-refractivity contribution in [2.45, 2.75) is 51.0 Å². The quantitative estimate of drug-likeness (QED) is 0.436. The van der Waals surface area contributed by atoms with E-state index < -0.39 is 29.9 Å². The van der Waals surface area contributed by atoms with Crippen molar-refractivity contribution < 1.29 is 28.6 Å². The number of thioether (sulfide) groups is 1. The van der Waals surface area contributed by atoms with Crippen LogP contribution in [0, 0.1) is 0 Å². The van der Waals surface area contributed by atoms with E-state index in [-0.39, 0.29) is 17.0 Å². The van der Waals surface area contributed by atoms with Crippen LogP contribution >= 0.6 is 11.8 Å². The molecule has 0 aromatic carbocycles. The smallest absolute Gasteiger partial charge is 0.355 e. The van der Waals surface area contributed by atoms with Gasteiger partial charge in [-0.3, -0.25) is 20.2 Å². The first-order valence-corrected chi connectivity index (χ1v) is 8.48. The Morgan fingerprint density at radius 1 is 1.38 bits per heavy atom. The molecule has 134 valence electrons. The number of carbonyl (C=O) groups excluding carboxylic acids is 3. The molecule has 0 bridgehead atoms. The van der Waals surface area contributed by atoms with Crippen molar-refractivity contribution in [3.63, 3.8) is 0 Å². The van der Waals surface area contributed by atoms with Crippen molar-refractivity contribution in [1.82, 2.24) is 4.90 Å². The fraction of sp³-hybridized carbons (Fsp3) is 0.667. The lowest BCUT2D eigenvalue weighted by atomic mass is 10.0. The Labute approximate surface area is 144 Å². The number of carbonyl (C=O) groups is 3. The van der Waals surface area contributed by atoms with Gasteiger partial charge in [0, 0.05) is 25.4 Å². The highest BCUT2D eigenvalue weighted by Gasteiger charge is 2.55. The predicted molar refractivity (Wildman–Crippen MR) is 86.5 cm³/mol. The fourth-order valence-electron chi connectivity index (χ4n) is 2.48. The fourth-order valence-corrected chi connectivity index (χ4v) is 3.89. The van der Waals surface area contributed by atoms with Crippen LogP contribution in [0.3, 0.4) is 0 Å². The van der Waals surface area contributed by atoms with Crippen LogP contribution in [0.4, 0.5) is 0 Å². The second kappa shape index (κ2) is 6.73. The van der Waals surface area contributed by atoms with Gasteiger partial charge in [0.25, 0.3) is 5.91 Å². The third-order valence-electron chi connectivity index (χ3n) is 3.43. The predicted octanol–water partition coefficient (Wildman–Crippen LogP) is 0.360. The number of amides is 1. The van der Waals surface area contributed by atoms with Gasteiger partial charge in [0.15, 0.2) is 12.3 Å². The van der Waals surface area contributed by atoms with Crippen LogP contribution in [-0.2, 0) is 28.6 Å². The highest BCUT2D eigenvalue weighted by atomic mass is 32.2. The van der Waals surface area contributed by atoms with E-state index in [1.807, 2.05) is 0 Å². The van der Waals surface area contributed by atoms with Gasteiger partial charge >= 0.3 is 11.9 Å². The SMILES string of the molecule is CO[C@@H]1C(=O)N2C(C(=O)OC(C)(C)C)=C(C(N)OC(C)=O)CS[C@H]12. The summed E-state index contributed by atoms with van der Waals surface area (Å²) in [5.41, 5.74) is 5.55. The zero-order chi connectivity index (χ0) is 18.2. The molecule has 0 radical (unpaired) electrons. The summed E-state index contributed by atoms with van der Waals surface area (Å²) in [4.78, 5) is 37.4. The monoisotopic (exact) mass is 358 g/mol. The molecule has 2 rings (SSSR count). The second-order valence-electron chi connectivity index (χ2n) is 6.47. The number of rotatable bonds is 4. The first-order chi connectivity index (χ1) is 11.1. The average molecular weight is 358 g/mol. The molecule has 0 saturated carbocycles. The summed E-state index contributed by atoms with van der Waals surface area (Å²) in [6.45, 7) is 6.40. The number of hydrogen-bond acceptors (Lipinski definition) is 8. The minimum Gasteiger partial charge on any atom is -0.455 e. The highest BCUT2D eigenvalue weighted by molar-refractivity contribution is 8.00. The molecule has 1 unspecified atom stereocenters. The molecule has 8 nitrogen and oxygen atoms in total. The van der Waals surface area contributed by atoms with Gasteiger partial charge in [-0.1, -0.05) is 0 Å². The Kier molecular flexibility index (Phi) is 5.26. The minimum absolute atomic E-state index is 0.0423. The molecule has 1 amide bonds. The maximum atomic E-state index is 12.6. The van der Waals surface area contributed by atoms with Crippen molar-refractivity contribution in [1.29, 1.82) is 0 Å². The molecule has 2 N–H and O–H groups in total. The normalized spacial score (nSPS) is 24.9. The van der Waals surface area contributed by atoms with Gasteiger partial charge in [0.1, 0.15) is 16.7 Å². The Balaban J connectivity index is 2.39. The van der Waals surface area contributed by atoms with Gasteiger partial charge in [0.2, 0.25) is 0 Å². The van der Waals surface area contributed by atoms with Gasteiger partial charge < -0.3 is 14.2 Å². The van der Waals surface area contributed by atoms with E-state index in [2.05, 4.69) is 0 Å². The van der Waals surface area contributed by atoms with E-state index >= 15 is 0 Å². The van der Waals surface area contributed by atoms with Gasteiger partial charge in [-0.05, 0) is 20.8 Å². The molecule has 0 aliphatic carbocycles. The molecule has 24 heavy (non-hydrogen) atoms. The first kappa shape index (κ1) is 18.8. The van der Waals surface area contributed by atoms with Crippen LogP contribution in [0.1, 0.15) is 27.7 Å². The molecule has 2 heterocycles. The maximum Gasteiger partial charge on any atom is 0.355 e. The lowest BCUT2D eigenvalue weighted by molar-refractivity contribution is -0.167. The molecule has 1 saturated heterocycles. The van der Waals surface area contributed by atoms with Gasteiger partial charge in [-0.25, -0.2) is 4.79 Å². The minimum atomic E-state index is -1.12. The van der Waals surface area contributed by atoms with Crippen LogP contribution in [-0.4, -0.2) is 58.9 Å². The van der Waals surface area contributed by atoms with Crippen molar-refractivity contribution in [2.75, 3.05) is 12.9 Å². The summed E-state index contributed by atoms with van der Waals surface area (Å²) < 4.78 is 15.5. The largest absolute Gasteiger partial charge is 0.455 e. The van der Waals surface area contributed by atoms with E-state index in [1.165, 1.54) is 30.7 Å². The highest BCUT2D eigenvalue weighted by Crippen LogP contribution is 2.42. The third kappa shape index (κ3) is 3.57. The number of esters is 2. The third-order valence-corrected chi connectivity index (χ3v) is 4.71. The number of nitrogens with zero attached hydrogens (tertiary/aromatic N) is 1. The Morgan fingerprint density at radius 3 is 2.50 bits per heavy atom. The Bertz CT molecular complexity index is 597. The van der Waals surface area contributed by atoms with Crippen LogP contribution in [0.5, 0.6) is 0 Å². The zero-order valence-electron chi connectivity index (χ0n) is 14.3. The van der Waals surface area contributed by atoms with E-state index in [0.717, 1.165) is 0 Å². The lowest BCUT2D eigenvalue weighted by Crippen LogP contribution is -2.66. The molecule has 0 aromatic rings. The van der Waals surface area contributed by atoms with E-state index in [1.54, 1.807) is 20.8 Å². The molecular formula is C15H22N2O6S. The topological polar surface area (TPSA) is 108 Å². The van der Waals surface area contributed by atoms with Crippen LogP contribution in [0.25, 0.3) is 0 Å². The molecule has 0 aromatic heterocycles. The molecule has 2 aliphatic rings. The summed E-state index contributed by atoms with van der Waals surface area (Å²) in [7, 11) is 1.44. The Morgan fingerprint density at radius 2 is 2.00 bits per heavy atom. The number of ether oxygens (including phenoxy) is 3. The Hall–Kier alpha value is -1.58. The van der Waals surface area contributed by atoms with E-state index in [4.69, 9.17) is 19.9 Å². The average Bonchev–Trinajstić information content (AvgIpc) is 2.43. The summed E-state index contributed by atoms with van der Waals surface area (Å²) in [5.74, 6) is -1.26. The van der Waals surface area contributed by atoms with Gasteiger partial charge in [-0.15, -0.1) is 11.8 Å². The summed E-state index contributed by atoms with van der Waals surface area (Å²) in [6, 6.07) is 0. The van der Waals surface area contributed by atoms with E-state index in [9.17, 15) is 14.4 Å². The van der Waals surface area contributed by atoms with Crippen LogP contribution in [0.15, 0.2) is 11.3 Å². The van der Waals surface area contributed by atoms with Gasteiger partial charge in [-0.2, -0.15) is 0 Å². The van der Waals surface area contributed by atoms with Gasteiger partial charge in [0.05, 0.1) is 0 Å². The second-order valence-corrected chi connectivity index (χ2v) is 7.58. The molecular weight excluding hydrogens is 336 g/mol. The number of methoxy groups -OCH3 is 1.